The number of aryl methyl sites for hydroxylation is 1. The first kappa shape index (κ1) is 16.6. The summed E-state index contributed by atoms with van der Waals surface area (Å²) in [6.45, 7) is 7.62. The van der Waals surface area contributed by atoms with Gasteiger partial charge in [0.05, 0.1) is 12.7 Å². The molecule has 1 aromatic heterocycles. The molecule has 0 spiro atoms. The average Bonchev–Trinajstić information content (AvgIpc) is 2.57. The zero-order valence-electron chi connectivity index (χ0n) is 14.2. The van der Waals surface area contributed by atoms with Gasteiger partial charge in [-0.2, -0.15) is 0 Å². The third-order valence-corrected chi connectivity index (χ3v) is 4.10. The van der Waals surface area contributed by atoms with E-state index in [1.807, 2.05) is 37.3 Å². The van der Waals surface area contributed by atoms with Crippen LogP contribution < -0.4 is 5.32 Å². The Kier molecular flexibility index (Phi) is 5.23. The maximum Gasteiger partial charge on any atom is 0.256 e. The molecule has 5 nitrogen and oxygen atoms in total. The molecular weight excluding hydrogens is 302 g/mol. The first-order valence-electron chi connectivity index (χ1n) is 8.27. The molecule has 2 aromatic rings. The van der Waals surface area contributed by atoms with Crippen molar-refractivity contribution >= 4 is 11.7 Å². The standard InChI is InChI=1S/C19H23N3O2/c1-14-3-8-18(20-11-14)21-19(23)17-6-4-16(5-7-17)13-22-9-10-24-15(2)12-22/h3-8,11,15H,9-10,12-13H2,1-2H3,(H,20,21,23). The van der Waals surface area contributed by atoms with Gasteiger partial charge in [0, 0.05) is 31.4 Å². The third kappa shape index (κ3) is 4.40. The molecule has 5 heteroatoms. The number of pyridine rings is 1. The molecule has 3 rings (SSSR count). The zero-order chi connectivity index (χ0) is 16.9. The van der Waals surface area contributed by atoms with E-state index in [0.29, 0.717) is 11.4 Å². The van der Waals surface area contributed by atoms with Gasteiger partial charge in [0.15, 0.2) is 0 Å². The number of amides is 1. The number of nitrogens with one attached hydrogen (secondary N) is 1. The van der Waals surface area contributed by atoms with Gasteiger partial charge in [0.2, 0.25) is 0 Å². The van der Waals surface area contributed by atoms with Gasteiger partial charge in [0.1, 0.15) is 5.82 Å². The lowest BCUT2D eigenvalue weighted by Crippen LogP contribution is -2.40. The number of nitrogens with zero attached hydrogens (tertiary/aromatic N) is 2. The minimum absolute atomic E-state index is 0.141. The van der Waals surface area contributed by atoms with Crippen molar-refractivity contribution in [3.05, 3.63) is 59.3 Å². The molecule has 0 aliphatic carbocycles. The summed E-state index contributed by atoms with van der Waals surface area (Å²) in [6, 6.07) is 11.5. The summed E-state index contributed by atoms with van der Waals surface area (Å²) >= 11 is 0. The normalized spacial score (nSPS) is 18.3. The van der Waals surface area contributed by atoms with Crippen molar-refractivity contribution in [2.75, 3.05) is 25.0 Å². The van der Waals surface area contributed by atoms with Crippen molar-refractivity contribution in [2.24, 2.45) is 0 Å². The van der Waals surface area contributed by atoms with Crippen molar-refractivity contribution in [2.45, 2.75) is 26.5 Å². The predicted molar refractivity (Wildman–Crippen MR) is 94.1 cm³/mol. The van der Waals surface area contributed by atoms with E-state index in [4.69, 9.17) is 4.74 Å². The second-order valence-corrected chi connectivity index (χ2v) is 6.29. The molecule has 1 unspecified atom stereocenters. The van der Waals surface area contributed by atoms with Crippen LogP contribution in [0.4, 0.5) is 5.82 Å². The lowest BCUT2D eigenvalue weighted by atomic mass is 10.1. The van der Waals surface area contributed by atoms with E-state index >= 15 is 0 Å². The summed E-state index contributed by atoms with van der Waals surface area (Å²) in [5.74, 6) is 0.426. The molecule has 126 valence electrons. The number of benzene rings is 1. The van der Waals surface area contributed by atoms with Crippen LogP contribution in [0.2, 0.25) is 0 Å². The SMILES string of the molecule is Cc1ccc(NC(=O)c2ccc(CN3CCOC(C)C3)cc2)nc1. The van der Waals surface area contributed by atoms with Gasteiger partial charge in [-0.05, 0) is 43.2 Å². The molecule has 1 atom stereocenters. The van der Waals surface area contributed by atoms with Crippen LogP contribution in [0.1, 0.15) is 28.4 Å². The quantitative estimate of drug-likeness (QED) is 0.939. The highest BCUT2D eigenvalue weighted by Gasteiger charge is 2.16. The topological polar surface area (TPSA) is 54.5 Å². The van der Waals surface area contributed by atoms with Gasteiger partial charge in [-0.1, -0.05) is 18.2 Å². The number of hydrogen-bond donors (Lipinski definition) is 1. The molecule has 1 N–H and O–H groups in total. The number of aromatic nitrogens is 1. The molecule has 1 fully saturated rings. The fourth-order valence-corrected chi connectivity index (χ4v) is 2.78. The molecule has 24 heavy (non-hydrogen) atoms. The van der Waals surface area contributed by atoms with Gasteiger partial charge < -0.3 is 10.1 Å². The van der Waals surface area contributed by atoms with Gasteiger partial charge in [-0.3, -0.25) is 9.69 Å². The van der Waals surface area contributed by atoms with Crippen molar-refractivity contribution in [3.63, 3.8) is 0 Å². The van der Waals surface area contributed by atoms with E-state index in [9.17, 15) is 4.79 Å². The fourth-order valence-electron chi connectivity index (χ4n) is 2.78. The Bertz CT molecular complexity index is 683. The highest BCUT2D eigenvalue weighted by molar-refractivity contribution is 6.03. The highest BCUT2D eigenvalue weighted by atomic mass is 16.5. The zero-order valence-corrected chi connectivity index (χ0v) is 14.2. The van der Waals surface area contributed by atoms with Crippen molar-refractivity contribution in [3.8, 4) is 0 Å². The molecule has 0 bridgehead atoms. The Labute approximate surface area is 142 Å². The second-order valence-electron chi connectivity index (χ2n) is 6.29. The lowest BCUT2D eigenvalue weighted by Gasteiger charge is -2.31. The van der Waals surface area contributed by atoms with Crippen LogP contribution in [0.25, 0.3) is 0 Å². The Morgan fingerprint density at radius 2 is 2.08 bits per heavy atom. The molecule has 1 saturated heterocycles. The van der Waals surface area contributed by atoms with Crippen LogP contribution in [0.5, 0.6) is 0 Å². The highest BCUT2D eigenvalue weighted by Crippen LogP contribution is 2.13. The molecule has 0 saturated carbocycles. The Morgan fingerprint density at radius 1 is 1.29 bits per heavy atom. The summed E-state index contributed by atoms with van der Waals surface area (Å²) in [5, 5.41) is 2.82. The summed E-state index contributed by atoms with van der Waals surface area (Å²) < 4.78 is 5.56. The smallest absolute Gasteiger partial charge is 0.256 e. The van der Waals surface area contributed by atoms with Crippen molar-refractivity contribution in [1.82, 2.24) is 9.88 Å². The molecule has 0 radical (unpaired) electrons. The first-order valence-corrected chi connectivity index (χ1v) is 8.27. The van der Waals surface area contributed by atoms with Crippen LogP contribution in [-0.4, -0.2) is 41.6 Å². The third-order valence-electron chi connectivity index (χ3n) is 4.10. The van der Waals surface area contributed by atoms with E-state index in [2.05, 4.69) is 22.1 Å². The number of carbonyl (C=O) groups excluding carboxylic acids is 1. The molecule has 1 aliphatic heterocycles. The van der Waals surface area contributed by atoms with Crippen molar-refractivity contribution < 1.29 is 9.53 Å². The summed E-state index contributed by atoms with van der Waals surface area (Å²) in [7, 11) is 0. The Morgan fingerprint density at radius 3 is 2.75 bits per heavy atom. The minimum atomic E-state index is -0.141. The van der Waals surface area contributed by atoms with Gasteiger partial charge in [-0.15, -0.1) is 0 Å². The predicted octanol–water partition coefficient (Wildman–Crippen LogP) is 2.86. The van der Waals surface area contributed by atoms with E-state index in [0.717, 1.165) is 31.8 Å². The molecule has 1 aromatic carbocycles. The van der Waals surface area contributed by atoms with Crippen molar-refractivity contribution in [1.29, 1.82) is 0 Å². The maximum atomic E-state index is 12.3. The number of anilines is 1. The second kappa shape index (κ2) is 7.55. The Hall–Kier alpha value is -2.24. The fraction of sp³-hybridized carbons (Fsp3) is 0.368. The van der Waals surface area contributed by atoms with E-state index in [-0.39, 0.29) is 12.0 Å². The molecular formula is C19H23N3O2. The number of carbonyl (C=O) groups is 1. The Balaban J connectivity index is 1.59. The molecule has 2 heterocycles. The number of ether oxygens (including phenoxy) is 1. The van der Waals surface area contributed by atoms with E-state index in [1.165, 1.54) is 5.56 Å². The summed E-state index contributed by atoms with van der Waals surface area (Å²) in [5.41, 5.74) is 2.90. The molecule has 1 aliphatic rings. The average molecular weight is 325 g/mol. The van der Waals surface area contributed by atoms with Crippen LogP contribution in [0, 0.1) is 6.92 Å². The van der Waals surface area contributed by atoms with Crippen LogP contribution >= 0.6 is 0 Å². The van der Waals surface area contributed by atoms with Crippen LogP contribution in [0.3, 0.4) is 0 Å². The number of rotatable bonds is 4. The largest absolute Gasteiger partial charge is 0.376 e. The van der Waals surface area contributed by atoms with Crippen LogP contribution in [-0.2, 0) is 11.3 Å². The number of hydrogen-bond acceptors (Lipinski definition) is 4. The molecule has 1 amide bonds. The van der Waals surface area contributed by atoms with E-state index in [1.54, 1.807) is 12.3 Å². The van der Waals surface area contributed by atoms with Gasteiger partial charge in [-0.25, -0.2) is 4.98 Å². The van der Waals surface area contributed by atoms with E-state index < -0.39 is 0 Å². The maximum absolute atomic E-state index is 12.3. The van der Waals surface area contributed by atoms with Crippen LogP contribution in [0.15, 0.2) is 42.6 Å². The summed E-state index contributed by atoms with van der Waals surface area (Å²) in [4.78, 5) is 18.8. The summed E-state index contributed by atoms with van der Waals surface area (Å²) in [6.07, 6.45) is 2.02. The van der Waals surface area contributed by atoms with Gasteiger partial charge >= 0.3 is 0 Å². The number of morpholine rings is 1. The monoisotopic (exact) mass is 325 g/mol. The lowest BCUT2D eigenvalue weighted by molar-refractivity contribution is -0.0212. The first-order chi connectivity index (χ1) is 11.6. The van der Waals surface area contributed by atoms with Gasteiger partial charge in [0.25, 0.3) is 5.91 Å². The minimum Gasteiger partial charge on any atom is -0.376 e.